The first kappa shape index (κ1) is 17.2. The van der Waals surface area contributed by atoms with Crippen LogP contribution in [0.15, 0.2) is 67.3 Å². The first-order valence-electron chi connectivity index (χ1n) is 10.2. The van der Waals surface area contributed by atoms with Crippen LogP contribution in [0.4, 0.5) is 0 Å². The summed E-state index contributed by atoms with van der Waals surface area (Å²) in [6, 6.07) is 16.5. The second-order valence-electron chi connectivity index (χ2n) is 8.09. The highest BCUT2D eigenvalue weighted by molar-refractivity contribution is 5.96. The molecule has 30 heavy (non-hydrogen) atoms. The lowest BCUT2D eigenvalue weighted by Crippen LogP contribution is -2.41. The van der Waals surface area contributed by atoms with Crippen LogP contribution >= 0.6 is 0 Å². The molecule has 1 unspecified atom stereocenters. The van der Waals surface area contributed by atoms with Crippen molar-refractivity contribution in [1.29, 1.82) is 0 Å². The van der Waals surface area contributed by atoms with Gasteiger partial charge in [-0.3, -0.25) is 9.48 Å². The van der Waals surface area contributed by atoms with E-state index in [0.717, 1.165) is 39.2 Å². The van der Waals surface area contributed by atoms with Crippen molar-refractivity contribution < 1.29 is 4.79 Å². The van der Waals surface area contributed by atoms with Gasteiger partial charge in [0, 0.05) is 31.3 Å². The number of nitrogens with zero attached hydrogens (tertiary/aromatic N) is 4. The maximum Gasteiger partial charge on any atom is 0.235 e. The summed E-state index contributed by atoms with van der Waals surface area (Å²) in [6.07, 6.45) is 5.61. The number of benzene rings is 2. The smallest absolute Gasteiger partial charge is 0.235 e. The largest absolute Gasteiger partial charge is 0.347 e. The standard InChI is InChI=1S/C24H21N5O/c1-28-11-15(10-27-28)20-12-29(13-21-23(20)26-14-25-21)24(30)22-18-8-4-2-6-16(18)17-7-3-5-9-19(17)22/h2-11,14,20,22H,12-13H2,1H3,(H,25,26). The van der Waals surface area contributed by atoms with E-state index in [4.69, 9.17) is 0 Å². The Bertz CT molecular complexity index is 1220. The van der Waals surface area contributed by atoms with Crippen LogP contribution in [0.3, 0.4) is 0 Å². The minimum Gasteiger partial charge on any atom is -0.347 e. The molecule has 0 spiro atoms. The molecule has 3 heterocycles. The number of hydrogen-bond donors (Lipinski definition) is 1. The Morgan fingerprint density at radius 3 is 2.43 bits per heavy atom. The van der Waals surface area contributed by atoms with Gasteiger partial charge in [0.25, 0.3) is 0 Å². The molecule has 0 saturated carbocycles. The van der Waals surface area contributed by atoms with Gasteiger partial charge in [-0.2, -0.15) is 5.10 Å². The molecule has 148 valence electrons. The number of fused-ring (bicyclic) bond motifs is 4. The maximum atomic E-state index is 13.9. The summed E-state index contributed by atoms with van der Waals surface area (Å²) in [4.78, 5) is 23.7. The number of H-pyrrole nitrogens is 1. The summed E-state index contributed by atoms with van der Waals surface area (Å²) in [5.74, 6) is -0.109. The third-order valence-electron chi connectivity index (χ3n) is 6.35. The average molecular weight is 395 g/mol. The first-order chi connectivity index (χ1) is 14.7. The van der Waals surface area contributed by atoms with Crippen LogP contribution in [0.1, 0.15) is 39.9 Å². The molecular weight excluding hydrogens is 374 g/mol. The summed E-state index contributed by atoms with van der Waals surface area (Å²) in [7, 11) is 1.91. The molecule has 2 aromatic heterocycles. The Kier molecular flexibility index (Phi) is 3.68. The predicted molar refractivity (Wildman–Crippen MR) is 113 cm³/mol. The highest BCUT2D eigenvalue weighted by Crippen LogP contribution is 2.46. The Morgan fingerprint density at radius 2 is 1.77 bits per heavy atom. The van der Waals surface area contributed by atoms with Gasteiger partial charge >= 0.3 is 0 Å². The number of rotatable bonds is 2. The third kappa shape index (κ3) is 2.46. The van der Waals surface area contributed by atoms with E-state index in [2.05, 4.69) is 39.3 Å². The van der Waals surface area contributed by atoms with Gasteiger partial charge in [-0.1, -0.05) is 48.5 Å². The van der Waals surface area contributed by atoms with Crippen molar-refractivity contribution in [2.75, 3.05) is 6.54 Å². The normalized spacial score (nSPS) is 17.5. The number of nitrogens with one attached hydrogen (secondary N) is 1. The van der Waals surface area contributed by atoms with Gasteiger partial charge < -0.3 is 9.88 Å². The lowest BCUT2D eigenvalue weighted by atomic mass is 9.90. The van der Waals surface area contributed by atoms with Crippen molar-refractivity contribution in [1.82, 2.24) is 24.6 Å². The molecule has 1 amide bonds. The second kappa shape index (κ2) is 6.42. The van der Waals surface area contributed by atoms with Gasteiger partial charge in [0.2, 0.25) is 5.91 Å². The van der Waals surface area contributed by atoms with Crippen LogP contribution in [0.25, 0.3) is 11.1 Å². The fourth-order valence-corrected chi connectivity index (χ4v) is 4.98. The van der Waals surface area contributed by atoms with Crippen molar-refractivity contribution >= 4 is 5.91 Å². The van der Waals surface area contributed by atoms with Gasteiger partial charge in [0.05, 0.1) is 36.4 Å². The lowest BCUT2D eigenvalue weighted by molar-refractivity contribution is -0.133. The van der Waals surface area contributed by atoms with E-state index in [1.54, 1.807) is 11.0 Å². The number of amides is 1. The predicted octanol–water partition coefficient (Wildman–Crippen LogP) is 3.43. The van der Waals surface area contributed by atoms with Gasteiger partial charge in [-0.15, -0.1) is 0 Å². The molecule has 0 saturated heterocycles. The number of carbonyl (C=O) groups excluding carboxylic acids is 1. The molecule has 1 N–H and O–H groups in total. The van der Waals surface area contributed by atoms with E-state index >= 15 is 0 Å². The van der Waals surface area contributed by atoms with E-state index in [1.807, 2.05) is 48.6 Å². The fraction of sp³-hybridized carbons (Fsp3) is 0.208. The second-order valence-corrected chi connectivity index (χ2v) is 8.09. The molecule has 2 aromatic carbocycles. The molecule has 1 atom stereocenters. The Morgan fingerprint density at radius 1 is 1.07 bits per heavy atom. The highest BCUT2D eigenvalue weighted by atomic mass is 16.2. The Hall–Kier alpha value is -3.67. The molecule has 4 aromatic rings. The summed E-state index contributed by atoms with van der Waals surface area (Å²) in [5.41, 5.74) is 7.61. The number of aromatic amines is 1. The third-order valence-corrected chi connectivity index (χ3v) is 6.35. The molecule has 1 aliphatic carbocycles. The highest BCUT2D eigenvalue weighted by Gasteiger charge is 2.39. The Labute approximate surface area is 174 Å². The monoisotopic (exact) mass is 395 g/mol. The van der Waals surface area contributed by atoms with Gasteiger partial charge in [-0.05, 0) is 22.3 Å². The zero-order chi connectivity index (χ0) is 20.2. The van der Waals surface area contributed by atoms with Crippen LogP contribution in [0, 0.1) is 0 Å². The van der Waals surface area contributed by atoms with Gasteiger partial charge in [0.15, 0.2) is 0 Å². The number of imidazole rings is 1. The summed E-state index contributed by atoms with van der Waals surface area (Å²) in [6.45, 7) is 1.15. The van der Waals surface area contributed by atoms with Gasteiger partial charge in [0.1, 0.15) is 0 Å². The summed E-state index contributed by atoms with van der Waals surface area (Å²) < 4.78 is 1.80. The zero-order valence-corrected chi connectivity index (χ0v) is 16.6. The number of carbonyl (C=O) groups is 1. The Balaban J connectivity index is 1.41. The van der Waals surface area contributed by atoms with Crippen LogP contribution in [0.2, 0.25) is 0 Å². The molecular formula is C24H21N5O. The van der Waals surface area contributed by atoms with Crippen molar-refractivity contribution in [3.8, 4) is 11.1 Å². The molecule has 0 bridgehead atoms. The molecule has 6 rings (SSSR count). The molecule has 0 fully saturated rings. The van der Waals surface area contributed by atoms with Crippen molar-refractivity contribution in [2.24, 2.45) is 7.05 Å². The zero-order valence-electron chi connectivity index (χ0n) is 16.6. The number of aromatic nitrogens is 4. The van der Waals surface area contributed by atoms with E-state index in [-0.39, 0.29) is 17.7 Å². The van der Waals surface area contributed by atoms with E-state index in [9.17, 15) is 4.79 Å². The fourth-order valence-electron chi connectivity index (χ4n) is 4.98. The summed E-state index contributed by atoms with van der Waals surface area (Å²) >= 11 is 0. The van der Waals surface area contributed by atoms with Gasteiger partial charge in [-0.25, -0.2) is 4.98 Å². The van der Waals surface area contributed by atoms with Crippen molar-refractivity contribution in [3.05, 3.63) is 95.3 Å². The quantitative estimate of drug-likeness (QED) is 0.565. The summed E-state index contributed by atoms with van der Waals surface area (Å²) in [5, 5.41) is 4.33. The lowest BCUT2D eigenvalue weighted by Gasteiger charge is -2.33. The minimum absolute atomic E-state index is 0.0181. The first-order valence-corrected chi connectivity index (χ1v) is 10.2. The molecule has 6 nitrogen and oxygen atoms in total. The van der Waals surface area contributed by atoms with E-state index in [0.29, 0.717) is 13.1 Å². The van der Waals surface area contributed by atoms with Crippen molar-refractivity contribution in [3.63, 3.8) is 0 Å². The van der Waals surface area contributed by atoms with E-state index < -0.39 is 0 Å². The maximum absolute atomic E-state index is 13.9. The SMILES string of the molecule is Cn1cc(C2CN(C(=O)C3c4ccccc4-c4ccccc43)Cc3[nH]cnc32)cn1. The van der Waals surface area contributed by atoms with Crippen LogP contribution in [-0.2, 0) is 18.4 Å². The van der Waals surface area contributed by atoms with Crippen LogP contribution < -0.4 is 0 Å². The van der Waals surface area contributed by atoms with Crippen molar-refractivity contribution in [2.45, 2.75) is 18.4 Å². The van der Waals surface area contributed by atoms with Crippen LogP contribution in [0.5, 0.6) is 0 Å². The number of aryl methyl sites for hydroxylation is 1. The molecule has 2 aliphatic rings. The molecule has 6 heteroatoms. The molecule has 1 aliphatic heterocycles. The average Bonchev–Trinajstić information content (AvgIpc) is 3.49. The topological polar surface area (TPSA) is 66.8 Å². The van der Waals surface area contributed by atoms with Crippen LogP contribution in [-0.4, -0.2) is 37.1 Å². The van der Waals surface area contributed by atoms with E-state index in [1.165, 1.54) is 0 Å². The number of hydrogen-bond acceptors (Lipinski definition) is 3. The minimum atomic E-state index is -0.267. The molecule has 0 radical (unpaired) electrons.